The molecule has 0 spiro atoms. The van der Waals surface area contributed by atoms with Crippen molar-refractivity contribution in [3.8, 4) is 5.75 Å². The lowest BCUT2D eigenvalue weighted by molar-refractivity contribution is -0.274. The van der Waals surface area contributed by atoms with Crippen LogP contribution < -0.4 is 10.1 Å². The van der Waals surface area contributed by atoms with Crippen LogP contribution in [0.3, 0.4) is 0 Å². The molecule has 1 N–H and O–H groups in total. The minimum absolute atomic E-state index is 0.243. The predicted octanol–water partition coefficient (Wildman–Crippen LogP) is 3.60. The summed E-state index contributed by atoms with van der Waals surface area (Å²) in [5, 5.41) is 3.05. The zero-order chi connectivity index (χ0) is 15.5. The van der Waals surface area contributed by atoms with Crippen molar-refractivity contribution in [1.29, 1.82) is 0 Å². The molecule has 2 rings (SSSR count). The van der Waals surface area contributed by atoms with E-state index in [4.69, 9.17) is 0 Å². The number of ether oxygens (including phenoxy) is 1. The van der Waals surface area contributed by atoms with Gasteiger partial charge in [0.25, 0.3) is 0 Å². The van der Waals surface area contributed by atoms with Crippen LogP contribution in [0.25, 0.3) is 0 Å². The predicted molar refractivity (Wildman–Crippen MR) is 73.0 cm³/mol. The van der Waals surface area contributed by atoms with Crippen LogP contribution in [0, 0.1) is 6.92 Å². The quantitative estimate of drug-likeness (QED) is 0.936. The summed E-state index contributed by atoms with van der Waals surface area (Å²) in [6.07, 6.45) is -3.03. The van der Waals surface area contributed by atoms with Gasteiger partial charge < -0.3 is 10.1 Å². The Hall–Kier alpha value is -2.08. The third kappa shape index (κ3) is 4.19. The van der Waals surface area contributed by atoms with E-state index in [1.807, 2.05) is 19.1 Å². The molecule has 1 unspecified atom stereocenters. The van der Waals surface area contributed by atoms with Crippen LogP contribution in [0.1, 0.15) is 22.9 Å². The third-order valence-electron chi connectivity index (χ3n) is 2.95. The maximum Gasteiger partial charge on any atom is 0.573 e. The molecule has 0 bridgehead atoms. The van der Waals surface area contributed by atoms with Gasteiger partial charge in [-0.05, 0) is 49.4 Å². The summed E-state index contributed by atoms with van der Waals surface area (Å²) in [5.41, 5.74) is 2.42. The average Bonchev–Trinajstić information content (AvgIpc) is 2.38. The first-order valence-corrected chi connectivity index (χ1v) is 6.34. The molecule has 0 aliphatic carbocycles. The number of aromatic nitrogens is 1. The molecule has 0 saturated heterocycles. The molecule has 0 aliphatic rings. The van der Waals surface area contributed by atoms with E-state index in [-0.39, 0.29) is 11.8 Å². The van der Waals surface area contributed by atoms with Crippen molar-refractivity contribution >= 4 is 0 Å². The van der Waals surface area contributed by atoms with Crippen molar-refractivity contribution in [3.05, 3.63) is 59.4 Å². The molecule has 1 heterocycles. The van der Waals surface area contributed by atoms with Gasteiger partial charge in [-0.2, -0.15) is 0 Å². The van der Waals surface area contributed by atoms with E-state index in [0.29, 0.717) is 5.56 Å². The van der Waals surface area contributed by atoms with Crippen molar-refractivity contribution in [2.45, 2.75) is 19.3 Å². The summed E-state index contributed by atoms with van der Waals surface area (Å²) in [6.45, 7) is 1.93. The Labute approximate surface area is 120 Å². The van der Waals surface area contributed by atoms with Crippen LogP contribution in [-0.2, 0) is 0 Å². The SMILES string of the molecule is CNC(c1cccc(OC(F)(F)F)c1)c1cc(C)ccn1. The van der Waals surface area contributed by atoms with Crippen molar-refractivity contribution in [1.82, 2.24) is 10.3 Å². The molecular weight excluding hydrogens is 281 g/mol. The normalized spacial score (nSPS) is 13.0. The molecule has 112 valence electrons. The number of alkyl halides is 3. The monoisotopic (exact) mass is 296 g/mol. The number of nitrogens with zero attached hydrogens (tertiary/aromatic N) is 1. The Kier molecular flexibility index (Phi) is 4.47. The second-order valence-corrected chi connectivity index (χ2v) is 4.60. The van der Waals surface area contributed by atoms with Crippen molar-refractivity contribution in [2.75, 3.05) is 7.05 Å². The third-order valence-corrected chi connectivity index (χ3v) is 2.95. The molecule has 21 heavy (non-hydrogen) atoms. The average molecular weight is 296 g/mol. The van der Waals surface area contributed by atoms with E-state index in [1.54, 1.807) is 19.3 Å². The first-order valence-electron chi connectivity index (χ1n) is 6.34. The number of hydrogen-bond acceptors (Lipinski definition) is 3. The fourth-order valence-electron chi connectivity index (χ4n) is 2.09. The summed E-state index contributed by atoms with van der Waals surface area (Å²) in [7, 11) is 1.73. The van der Waals surface area contributed by atoms with Gasteiger partial charge in [-0.15, -0.1) is 13.2 Å². The summed E-state index contributed by atoms with van der Waals surface area (Å²) < 4.78 is 40.8. The highest BCUT2D eigenvalue weighted by molar-refractivity contribution is 5.35. The topological polar surface area (TPSA) is 34.1 Å². The molecule has 2 aromatic rings. The summed E-state index contributed by atoms with van der Waals surface area (Å²) in [4.78, 5) is 4.27. The zero-order valence-electron chi connectivity index (χ0n) is 11.6. The highest BCUT2D eigenvalue weighted by atomic mass is 19.4. The van der Waals surface area contributed by atoms with Crippen LogP contribution in [0.4, 0.5) is 13.2 Å². The number of aryl methyl sites for hydroxylation is 1. The molecule has 3 nitrogen and oxygen atoms in total. The van der Waals surface area contributed by atoms with Gasteiger partial charge >= 0.3 is 6.36 Å². The molecule has 0 amide bonds. The Morgan fingerprint density at radius 3 is 2.57 bits per heavy atom. The molecule has 0 saturated carbocycles. The van der Waals surface area contributed by atoms with Gasteiger partial charge in [0.2, 0.25) is 0 Å². The number of halogens is 3. The lowest BCUT2D eigenvalue weighted by Crippen LogP contribution is -2.20. The first kappa shape index (κ1) is 15.3. The molecule has 0 radical (unpaired) electrons. The minimum atomic E-state index is -4.70. The molecule has 6 heteroatoms. The summed E-state index contributed by atoms with van der Waals surface area (Å²) >= 11 is 0. The second kappa shape index (κ2) is 6.13. The maximum atomic E-state index is 12.3. The molecule has 1 atom stereocenters. The number of nitrogens with one attached hydrogen (secondary N) is 1. The van der Waals surface area contributed by atoms with Crippen molar-refractivity contribution in [3.63, 3.8) is 0 Å². The van der Waals surface area contributed by atoms with E-state index in [0.717, 1.165) is 11.3 Å². The van der Waals surface area contributed by atoms with Gasteiger partial charge in [0.05, 0.1) is 11.7 Å². The zero-order valence-corrected chi connectivity index (χ0v) is 11.6. The number of pyridine rings is 1. The summed E-state index contributed by atoms with van der Waals surface area (Å²) in [6, 6.07) is 9.33. The van der Waals surface area contributed by atoms with Crippen LogP contribution in [0.2, 0.25) is 0 Å². The Bertz CT molecular complexity index is 614. The van der Waals surface area contributed by atoms with E-state index in [1.165, 1.54) is 18.2 Å². The van der Waals surface area contributed by atoms with E-state index >= 15 is 0 Å². The molecule has 0 aliphatic heterocycles. The van der Waals surface area contributed by atoms with Gasteiger partial charge in [0, 0.05) is 6.20 Å². The fraction of sp³-hybridized carbons (Fsp3) is 0.267. The van der Waals surface area contributed by atoms with E-state index in [9.17, 15) is 13.2 Å². The van der Waals surface area contributed by atoms with Gasteiger partial charge in [0.15, 0.2) is 0 Å². The number of hydrogen-bond donors (Lipinski definition) is 1. The Morgan fingerprint density at radius 1 is 1.19 bits per heavy atom. The number of benzene rings is 1. The molecule has 1 aromatic heterocycles. The fourth-order valence-corrected chi connectivity index (χ4v) is 2.09. The van der Waals surface area contributed by atoms with Gasteiger partial charge in [-0.3, -0.25) is 4.98 Å². The van der Waals surface area contributed by atoms with Crippen molar-refractivity contribution in [2.24, 2.45) is 0 Å². The lowest BCUT2D eigenvalue weighted by atomic mass is 10.0. The van der Waals surface area contributed by atoms with E-state index < -0.39 is 6.36 Å². The number of rotatable bonds is 4. The molecule has 0 fully saturated rings. The second-order valence-electron chi connectivity index (χ2n) is 4.60. The van der Waals surface area contributed by atoms with Crippen LogP contribution in [0.5, 0.6) is 5.75 Å². The van der Waals surface area contributed by atoms with Crippen LogP contribution in [-0.4, -0.2) is 18.4 Å². The highest BCUT2D eigenvalue weighted by Gasteiger charge is 2.31. The minimum Gasteiger partial charge on any atom is -0.406 e. The standard InChI is InChI=1S/C15H15F3N2O/c1-10-6-7-20-13(8-10)14(19-2)11-4-3-5-12(9-11)21-15(16,17)18/h3-9,14,19H,1-2H3. The Balaban J connectivity index is 2.32. The lowest BCUT2D eigenvalue weighted by Gasteiger charge is -2.18. The Morgan fingerprint density at radius 2 is 1.95 bits per heavy atom. The van der Waals surface area contributed by atoms with E-state index in [2.05, 4.69) is 15.0 Å². The van der Waals surface area contributed by atoms with Crippen molar-refractivity contribution < 1.29 is 17.9 Å². The highest BCUT2D eigenvalue weighted by Crippen LogP contribution is 2.27. The smallest absolute Gasteiger partial charge is 0.406 e. The molecule has 1 aromatic carbocycles. The van der Waals surface area contributed by atoms with Crippen LogP contribution in [0.15, 0.2) is 42.6 Å². The van der Waals surface area contributed by atoms with Crippen LogP contribution >= 0.6 is 0 Å². The maximum absolute atomic E-state index is 12.3. The van der Waals surface area contributed by atoms with Gasteiger partial charge in [0.1, 0.15) is 5.75 Å². The largest absolute Gasteiger partial charge is 0.573 e. The van der Waals surface area contributed by atoms with Gasteiger partial charge in [-0.25, -0.2) is 0 Å². The summed E-state index contributed by atoms with van der Waals surface area (Å²) in [5.74, 6) is -0.243. The first-order chi connectivity index (χ1) is 9.89. The molecular formula is C15H15F3N2O. The van der Waals surface area contributed by atoms with Gasteiger partial charge in [-0.1, -0.05) is 12.1 Å².